The highest BCUT2D eigenvalue weighted by Crippen LogP contribution is 2.33. The number of rotatable bonds is 7. The zero-order valence-electron chi connectivity index (χ0n) is 22.7. The molecule has 0 saturated carbocycles. The summed E-state index contributed by atoms with van der Waals surface area (Å²) in [6.07, 6.45) is 2.66. The molecule has 0 amide bonds. The normalized spacial score (nSPS) is 18.1. The summed E-state index contributed by atoms with van der Waals surface area (Å²) in [6, 6.07) is 15.4. The van der Waals surface area contributed by atoms with E-state index in [2.05, 4.69) is 21.6 Å². The number of benzene rings is 2. The summed E-state index contributed by atoms with van der Waals surface area (Å²) in [7, 11) is 1.75. The summed E-state index contributed by atoms with van der Waals surface area (Å²) in [5, 5.41) is 10.7. The highest BCUT2D eigenvalue weighted by Gasteiger charge is 2.23. The van der Waals surface area contributed by atoms with Crippen molar-refractivity contribution in [1.29, 1.82) is 0 Å². The van der Waals surface area contributed by atoms with Crippen LogP contribution in [0.2, 0.25) is 0 Å². The molecular formula is C30H33N5O4S. The lowest BCUT2D eigenvalue weighted by atomic mass is 10.1. The fourth-order valence-electron chi connectivity index (χ4n) is 5.57. The number of methoxy groups -OCH3 is 1. The standard InChI is InChI=1S/C30H33N5O4S/c1-3-32-12-14-33(15-13-32)30-31-25-9-8-22(16-28(25)40-30)35-19-24(29(37)38)27(36)17-26(35)20-4-6-21(7-5-20)34-11-10-23(18-34)39-2/h4-9,16-17,19,23H,3,10-15,18H2,1-2H3,(H,37,38)/t23-/m1/s1. The number of fused-ring (bicyclic) bond motifs is 1. The van der Waals surface area contributed by atoms with Crippen LogP contribution in [-0.2, 0) is 4.74 Å². The molecule has 0 spiro atoms. The molecule has 4 aromatic rings. The van der Waals surface area contributed by atoms with Crippen LogP contribution >= 0.6 is 11.3 Å². The number of carboxylic acids is 1. The third-order valence-electron chi connectivity index (χ3n) is 8.02. The highest BCUT2D eigenvalue weighted by atomic mass is 32.1. The molecule has 0 aliphatic carbocycles. The number of nitrogens with zero attached hydrogens (tertiary/aromatic N) is 5. The van der Waals surface area contributed by atoms with E-state index in [1.54, 1.807) is 23.0 Å². The number of hydrogen-bond acceptors (Lipinski definition) is 8. The Hall–Kier alpha value is -3.73. The Labute approximate surface area is 236 Å². The van der Waals surface area contributed by atoms with Gasteiger partial charge in [0, 0.05) is 70.0 Å². The van der Waals surface area contributed by atoms with Gasteiger partial charge in [0.05, 0.1) is 22.0 Å². The van der Waals surface area contributed by atoms with Crippen LogP contribution in [0.25, 0.3) is 27.2 Å². The Kier molecular flexibility index (Phi) is 7.31. The molecule has 40 heavy (non-hydrogen) atoms. The van der Waals surface area contributed by atoms with Crippen molar-refractivity contribution in [3.8, 4) is 16.9 Å². The fourth-order valence-corrected chi connectivity index (χ4v) is 6.62. The zero-order chi connectivity index (χ0) is 27.8. The predicted molar refractivity (Wildman–Crippen MR) is 160 cm³/mol. The molecule has 0 radical (unpaired) electrons. The summed E-state index contributed by atoms with van der Waals surface area (Å²) >= 11 is 1.64. The van der Waals surface area contributed by atoms with Crippen molar-refractivity contribution in [3.63, 3.8) is 0 Å². The Bertz CT molecular complexity index is 1590. The monoisotopic (exact) mass is 559 g/mol. The van der Waals surface area contributed by atoms with E-state index < -0.39 is 11.4 Å². The van der Waals surface area contributed by atoms with Crippen LogP contribution < -0.4 is 15.2 Å². The van der Waals surface area contributed by atoms with Gasteiger partial charge in [-0.15, -0.1) is 0 Å². The highest BCUT2D eigenvalue weighted by molar-refractivity contribution is 7.22. The molecule has 2 aromatic heterocycles. The van der Waals surface area contributed by atoms with Gasteiger partial charge >= 0.3 is 5.97 Å². The minimum absolute atomic E-state index is 0.233. The van der Waals surface area contributed by atoms with E-state index in [0.717, 1.165) is 84.5 Å². The van der Waals surface area contributed by atoms with E-state index in [-0.39, 0.29) is 11.7 Å². The largest absolute Gasteiger partial charge is 0.477 e. The number of piperazine rings is 1. The van der Waals surface area contributed by atoms with Gasteiger partial charge < -0.3 is 29.1 Å². The summed E-state index contributed by atoms with van der Waals surface area (Å²) < 4.78 is 8.32. The maximum Gasteiger partial charge on any atom is 0.341 e. The molecule has 9 nitrogen and oxygen atoms in total. The van der Waals surface area contributed by atoms with Gasteiger partial charge in [0.25, 0.3) is 0 Å². The molecule has 2 aromatic carbocycles. The number of hydrogen-bond donors (Lipinski definition) is 1. The van der Waals surface area contributed by atoms with Crippen molar-refractivity contribution < 1.29 is 14.6 Å². The van der Waals surface area contributed by atoms with Crippen LogP contribution in [0.1, 0.15) is 23.7 Å². The van der Waals surface area contributed by atoms with E-state index in [1.165, 1.54) is 12.3 Å². The second-order valence-corrected chi connectivity index (χ2v) is 11.3. The van der Waals surface area contributed by atoms with Gasteiger partial charge in [-0.25, -0.2) is 9.78 Å². The van der Waals surface area contributed by atoms with Crippen LogP contribution in [0.4, 0.5) is 10.8 Å². The SMILES string of the molecule is CCN1CCN(c2nc3ccc(-n4cc(C(=O)O)c(=O)cc4-c4ccc(N5CC[C@@H](OC)C5)cc4)cc3s2)CC1. The number of aromatic nitrogens is 2. The molecular weight excluding hydrogens is 526 g/mol. The number of carboxylic acid groups (broad SMARTS) is 1. The number of ether oxygens (including phenoxy) is 1. The topological polar surface area (TPSA) is 91.1 Å². The molecule has 208 valence electrons. The average Bonchev–Trinajstić information content (AvgIpc) is 3.64. The smallest absolute Gasteiger partial charge is 0.341 e. The maximum absolute atomic E-state index is 12.8. The lowest BCUT2D eigenvalue weighted by Gasteiger charge is -2.33. The first-order valence-corrected chi connectivity index (χ1v) is 14.5. The van der Waals surface area contributed by atoms with E-state index in [0.29, 0.717) is 5.69 Å². The Morgan fingerprint density at radius 2 is 1.77 bits per heavy atom. The van der Waals surface area contributed by atoms with Gasteiger partial charge in [-0.05, 0) is 48.9 Å². The quantitative estimate of drug-likeness (QED) is 0.361. The third kappa shape index (κ3) is 5.10. The molecule has 10 heteroatoms. The summed E-state index contributed by atoms with van der Waals surface area (Å²) in [5.74, 6) is -1.24. The number of likely N-dealkylation sites (N-methyl/N-ethyl adjacent to an activating group) is 1. The summed E-state index contributed by atoms with van der Waals surface area (Å²) in [4.78, 5) is 36.6. The van der Waals surface area contributed by atoms with Crippen molar-refractivity contribution in [1.82, 2.24) is 14.5 Å². The van der Waals surface area contributed by atoms with Crippen molar-refractivity contribution in [2.24, 2.45) is 0 Å². The first-order valence-electron chi connectivity index (χ1n) is 13.7. The Balaban J connectivity index is 1.36. The fraction of sp³-hybridized carbons (Fsp3) is 0.367. The van der Waals surface area contributed by atoms with Crippen molar-refractivity contribution in [2.75, 3.05) is 62.7 Å². The van der Waals surface area contributed by atoms with E-state index in [4.69, 9.17) is 9.72 Å². The molecule has 2 aliphatic rings. The molecule has 1 N–H and O–H groups in total. The van der Waals surface area contributed by atoms with Gasteiger partial charge in [0.15, 0.2) is 10.6 Å². The Morgan fingerprint density at radius 1 is 1.02 bits per heavy atom. The first-order chi connectivity index (χ1) is 19.4. The molecule has 6 rings (SSSR count). The molecule has 2 saturated heterocycles. The van der Waals surface area contributed by atoms with Gasteiger partial charge in [-0.3, -0.25) is 4.79 Å². The minimum Gasteiger partial charge on any atom is -0.477 e. The van der Waals surface area contributed by atoms with Crippen molar-refractivity contribution in [3.05, 3.63) is 70.5 Å². The Morgan fingerprint density at radius 3 is 2.45 bits per heavy atom. The molecule has 0 bridgehead atoms. The molecule has 4 heterocycles. The van der Waals surface area contributed by atoms with Crippen molar-refractivity contribution in [2.45, 2.75) is 19.4 Å². The van der Waals surface area contributed by atoms with Crippen LogP contribution in [0.15, 0.2) is 59.5 Å². The maximum atomic E-state index is 12.8. The van der Waals surface area contributed by atoms with Gasteiger partial charge in [-0.1, -0.05) is 30.4 Å². The molecule has 1 atom stereocenters. The van der Waals surface area contributed by atoms with Crippen LogP contribution in [0, 0.1) is 0 Å². The van der Waals surface area contributed by atoms with Crippen LogP contribution in [0.5, 0.6) is 0 Å². The molecule has 0 unspecified atom stereocenters. The van der Waals surface area contributed by atoms with Crippen molar-refractivity contribution >= 4 is 38.3 Å². The molecule has 2 aliphatic heterocycles. The number of pyridine rings is 1. The lowest BCUT2D eigenvalue weighted by molar-refractivity contribution is 0.0695. The summed E-state index contributed by atoms with van der Waals surface area (Å²) in [6.45, 7) is 8.98. The minimum atomic E-state index is -1.24. The second-order valence-electron chi connectivity index (χ2n) is 10.3. The third-order valence-corrected chi connectivity index (χ3v) is 9.10. The van der Waals surface area contributed by atoms with Gasteiger partial charge in [0.1, 0.15) is 5.56 Å². The first kappa shape index (κ1) is 26.5. The predicted octanol–water partition coefficient (Wildman–Crippen LogP) is 4.18. The second kappa shape index (κ2) is 11.0. The number of anilines is 2. The van der Waals surface area contributed by atoms with E-state index in [1.807, 2.05) is 42.5 Å². The van der Waals surface area contributed by atoms with Gasteiger partial charge in [0.2, 0.25) is 0 Å². The van der Waals surface area contributed by atoms with Crippen LogP contribution in [0.3, 0.4) is 0 Å². The zero-order valence-corrected chi connectivity index (χ0v) is 23.6. The molecule has 2 fully saturated rings. The number of carbonyl (C=O) groups is 1. The summed E-state index contributed by atoms with van der Waals surface area (Å²) in [5.41, 5.74) is 3.48. The average molecular weight is 560 g/mol. The van der Waals surface area contributed by atoms with Crippen LogP contribution in [-0.4, -0.2) is 84.6 Å². The number of aromatic carboxylic acids is 1. The van der Waals surface area contributed by atoms with E-state index in [9.17, 15) is 14.7 Å². The van der Waals surface area contributed by atoms with Gasteiger partial charge in [-0.2, -0.15) is 0 Å². The number of thiazole rings is 1. The van der Waals surface area contributed by atoms with E-state index >= 15 is 0 Å². The lowest BCUT2D eigenvalue weighted by Crippen LogP contribution is -2.46.